The first-order valence-corrected chi connectivity index (χ1v) is 8.94. The number of aryl methyl sites for hydroxylation is 1. The number of nitrogens with one attached hydrogen (secondary N) is 1. The van der Waals surface area contributed by atoms with Crippen molar-refractivity contribution < 1.29 is 9.53 Å². The van der Waals surface area contributed by atoms with Crippen molar-refractivity contribution in [3.05, 3.63) is 65.7 Å². The predicted octanol–water partition coefficient (Wildman–Crippen LogP) is 4.94. The van der Waals surface area contributed by atoms with Crippen LogP contribution in [-0.4, -0.2) is 21.6 Å². The van der Waals surface area contributed by atoms with Gasteiger partial charge in [0.15, 0.2) is 11.6 Å². The molecule has 1 N–H and O–H groups in total. The second kappa shape index (κ2) is 6.50. The number of carbonyl (C=O) groups excluding carboxylic acids is 1. The lowest BCUT2D eigenvalue weighted by Gasteiger charge is -2.31. The maximum absolute atomic E-state index is 12.4. The average molecular weight is 359 g/mol. The molecule has 2 aromatic carbocycles. The van der Waals surface area contributed by atoms with Gasteiger partial charge in [-0.2, -0.15) is 0 Å². The Bertz CT molecular complexity index is 993. The third-order valence-corrected chi connectivity index (χ3v) is 4.54. The second-order valence-corrected chi connectivity index (χ2v) is 7.47. The lowest BCUT2D eigenvalue weighted by molar-refractivity contribution is 0.0620. The molecular formula is C22H21N3O2. The van der Waals surface area contributed by atoms with Gasteiger partial charge >= 0.3 is 0 Å². The van der Waals surface area contributed by atoms with Crippen LogP contribution in [0.2, 0.25) is 0 Å². The van der Waals surface area contributed by atoms with Gasteiger partial charge in [0, 0.05) is 11.3 Å². The normalized spacial score (nSPS) is 15.0. The molecule has 0 spiro atoms. The molecule has 0 atom stereocenters. The van der Waals surface area contributed by atoms with Crippen molar-refractivity contribution in [1.82, 2.24) is 10.2 Å². The number of benzene rings is 2. The average Bonchev–Trinajstić information content (AvgIpc) is 2.63. The summed E-state index contributed by atoms with van der Waals surface area (Å²) >= 11 is 0. The first-order valence-electron chi connectivity index (χ1n) is 8.94. The van der Waals surface area contributed by atoms with Crippen LogP contribution in [0.5, 0.6) is 5.75 Å². The third kappa shape index (κ3) is 3.67. The van der Waals surface area contributed by atoms with E-state index < -0.39 is 5.60 Å². The molecule has 0 bridgehead atoms. The molecule has 3 aromatic rings. The van der Waals surface area contributed by atoms with E-state index in [-0.39, 0.29) is 5.78 Å². The van der Waals surface area contributed by atoms with Crippen molar-refractivity contribution in [2.24, 2.45) is 0 Å². The molecule has 2 heterocycles. The zero-order valence-corrected chi connectivity index (χ0v) is 15.6. The van der Waals surface area contributed by atoms with Gasteiger partial charge in [0.1, 0.15) is 11.4 Å². The Kier molecular flexibility index (Phi) is 4.15. The van der Waals surface area contributed by atoms with Crippen LogP contribution in [0.4, 0.5) is 11.5 Å². The zero-order chi connectivity index (χ0) is 19.0. The van der Waals surface area contributed by atoms with Crippen molar-refractivity contribution in [3.8, 4) is 17.0 Å². The lowest BCUT2D eigenvalue weighted by Crippen LogP contribution is -2.35. The molecule has 1 aromatic heterocycles. The molecule has 5 nitrogen and oxygen atoms in total. The van der Waals surface area contributed by atoms with E-state index in [9.17, 15) is 4.79 Å². The van der Waals surface area contributed by atoms with Crippen LogP contribution in [0, 0.1) is 6.92 Å². The number of carbonyl (C=O) groups is 1. The smallest absolute Gasteiger partial charge is 0.170 e. The molecule has 5 heteroatoms. The van der Waals surface area contributed by atoms with Crippen LogP contribution in [-0.2, 0) is 0 Å². The number of fused-ring (bicyclic) bond motifs is 1. The Morgan fingerprint density at radius 2 is 1.78 bits per heavy atom. The Labute approximate surface area is 158 Å². The highest BCUT2D eigenvalue weighted by molar-refractivity contribution is 6.01. The Balaban J connectivity index is 1.54. The highest BCUT2D eigenvalue weighted by Crippen LogP contribution is 2.35. The minimum absolute atomic E-state index is 0.0886. The first kappa shape index (κ1) is 17.2. The molecule has 0 aliphatic carbocycles. The third-order valence-electron chi connectivity index (χ3n) is 4.54. The number of ether oxygens (including phenoxy) is 1. The number of ketones is 1. The van der Waals surface area contributed by atoms with E-state index in [0.29, 0.717) is 23.6 Å². The fraction of sp³-hybridized carbons (Fsp3) is 0.227. The summed E-state index contributed by atoms with van der Waals surface area (Å²) in [7, 11) is 0. The highest BCUT2D eigenvalue weighted by atomic mass is 16.5. The lowest BCUT2D eigenvalue weighted by atomic mass is 9.93. The Morgan fingerprint density at radius 3 is 2.48 bits per heavy atom. The van der Waals surface area contributed by atoms with E-state index in [2.05, 4.69) is 34.6 Å². The monoisotopic (exact) mass is 359 g/mol. The van der Waals surface area contributed by atoms with E-state index in [0.717, 1.165) is 16.9 Å². The summed E-state index contributed by atoms with van der Waals surface area (Å²) in [5.41, 5.74) is 3.97. The van der Waals surface area contributed by atoms with Crippen molar-refractivity contribution in [1.29, 1.82) is 0 Å². The van der Waals surface area contributed by atoms with Crippen molar-refractivity contribution in [3.63, 3.8) is 0 Å². The Morgan fingerprint density at radius 1 is 1.00 bits per heavy atom. The maximum atomic E-state index is 12.4. The molecule has 1 aliphatic rings. The number of hydrogen-bond acceptors (Lipinski definition) is 5. The van der Waals surface area contributed by atoms with Gasteiger partial charge in [-0.1, -0.05) is 29.8 Å². The van der Waals surface area contributed by atoms with Crippen LogP contribution in [0.25, 0.3) is 11.3 Å². The molecular weight excluding hydrogens is 338 g/mol. The topological polar surface area (TPSA) is 64.1 Å². The SMILES string of the molecule is Cc1ccc(-c2ccc(Nc3ccc4c(c3)C(=O)CC(C)(C)O4)nn2)cc1. The van der Waals surface area contributed by atoms with Crippen LogP contribution in [0.15, 0.2) is 54.6 Å². The Hall–Kier alpha value is -3.21. The standard InChI is InChI=1S/C22H21N3O2/c1-14-4-6-15(7-5-14)18-9-11-21(25-24-18)23-16-8-10-20-17(12-16)19(26)13-22(2,3)27-20/h4-12H,13H2,1-3H3,(H,23,25). The van der Waals surface area contributed by atoms with E-state index in [4.69, 9.17) is 4.74 Å². The molecule has 4 rings (SSSR count). The predicted molar refractivity (Wildman–Crippen MR) is 106 cm³/mol. The largest absolute Gasteiger partial charge is 0.487 e. The van der Waals surface area contributed by atoms with Gasteiger partial charge < -0.3 is 10.1 Å². The number of Topliss-reactive ketones (excluding diaryl/α,β-unsaturated/α-hetero) is 1. The molecule has 27 heavy (non-hydrogen) atoms. The molecule has 0 unspecified atom stereocenters. The number of rotatable bonds is 3. The summed E-state index contributed by atoms with van der Waals surface area (Å²) in [5.74, 6) is 1.34. The summed E-state index contributed by atoms with van der Waals surface area (Å²) < 4.78 is 5.89. The highest BCUT2D eigenvalue weighted by Gasteiger charge is 2.32. The van der Waals surface area contributed by atoms with Crippen molar-refractivity contribution in [2.45, 2.75) is 32.8 Å². The minimum atomic E-state index is -0.462. The molecule has 0 radical (unpaired) electrons. The summed E-state index contributed by atoms with van der Waals surface area (Å²) in [6.07, 6.45) is 0.370. The number of hydrogen-bond donors (Lipinski definition) is 1. The molecule has 0 saturated heterocycles. The van der Waals surface area contributed by atoms with Gasteiger partial charge in [0.2, 0.25) is 0 Å². The van der Waals surface area contributed by atoms with Crippen molar-refractivity contribution in [2.75, 3.05) is 5.32 Å². The van der Waals surface area contributed by atoms with Gasteiger partial charge in [-0.25, -0.2) is 0 Å². The maximum Gasteiger partial charge on any atom is 0.170 e. The molecule has 0 saturated carbocycles. The van der Waals surface area contributed by atoms with Gasteiger partial charge in [0.25, 0.3) is 0 Å². The molecule has 1 aliphatic heterocycles. The number of nitrogens with zero attached hydrogens (tertiary/aromatic N) is 2. The fourth-order valence-electron chi connectivity index (χ4n) is 3.16. The van der Waals surface area contributed by atoms with Gasteiger partial charge in [-0.15, -0.1) is 10.2 Å². The van der Waals surface area contributed by atoms with Crippen molar-refractivity contribution >= 4 is 17.3 Å². The van der Waals surface area contributed by atoms with Crippen LogP contribution in [0.1, 0.15) is 36.2 Å². The molecule has 0 fully saturated rings. The van der Waals surface area contributed by atoms with E-state index >= 15 is 0 Å². The van der Waals surface area contributed by atoms with Gasteiger partial charge in [-0.3, -0.25) is 4.79 Å². The quantitative estimate of drug-likeness (QED) is 0.717. The summed E-state index contributed by atoms with van der Waals surface area (Å²) in [5, 5.41) is 11.7. The van der Waals surface area contributed by atoms with Crippen LogP contribution >= 0.6 is 0 Å². The summed E-state index contributed by atoms with van der Waals surface area (Å²) in [6.45, 7) is 5.90. The summed E-state index contributed by atoms with van der Waals surface area (Å²) in [6, 6.07) is 17.5. The van der Waals surface area contributed by atoms with E-state index in [1.165, 1.54) is 5.56 Å². The van der Waals surface area contributed by atoms with E-state index in [1.54, 1.807) is 0 Å². The van der Waals surface area contributed by atoms with Crippen LogP contribution in [0.3, 0.4) is 0 Å². The summed E-state index contributed by atoms with van der Waals surface area (Å²) in [4.78, 5) is 12.4. The van der Waals surface area contributed by atoms with Gasteiger partial charge in [-0.05, 0) is 51.1 Å². The zero-order valence-electron chi connectivity index (χ0n) is 15.6. The minimum Gasteiger partial charge on any atom is -0.487 e. The number of aromatic nitrogens is 2. The molecule has 0 amide bonds. The fourth-order valence-corrected chi connectivity index (χ4v) is 3.16. The van der Waals surface area contributed by atoms with Gasteiger partial charge in [0.05, 0.1) is 17.7 Å². The van der Waals surface area contributed by atoms with Crippen LogP contribution < -0.4 is 10.1 Å². The van der Waals surface area contributed by atoms with E-state index in [1.807, 2.05) is 56.3 Å². The second-order valence-electron chi connectivity index (χ2n) is 7.47. The number of anilines is 2. The first-order chi connectivity index (χ1) is 12.9. The molecule has 136 valence electrons.